The maximum atomic E-state index is 13.1. The van der Waals surface area contributed by atoms with Crippen molar-refractivity contribution in [3.63, 3.8) is 0 Å². The highest BCUT2D eigenvalue weighted by Crippen LogP contribution is 2.24. The van der Waals surface area contributed by atoms with E-state index in [2.05, 4.69) is 4.98 Å². The smallest absolute Gasteiger partial charge is 0.243 e. The van der Waals surface area contributed by atoms with E-state index in [9.17, 15) is 17.6 Å². The van der Waals surface area contributed by atoms with E-state index in [1.807, 2.05) is 35.7 Å². The van der Waals surface area contributed by atoms with Crippen LogP contribution in [0.5, 0.6) is 0 Å². The van der Waals surface area contributed by atoms with E-state index in [4.69, 9.17) is 0 Å². The summed E-state index contributed by atoms with van der Waals surface area (Å²) in [5.41, 5.74) is 1.73. The highest BCUT2D eigenvalue weighted by Gasteiger charge is 2.28. The first-order chi connectivity index (χ1) is 14.9. The lowest BCUT2D eigenvalue weighted by atomic mass is 10.2. The number of nitrogens with zero attached hydrogens (tertiary/aromatic N) is 3. The molecule has 3 aromatic rings. The maximum absolute atomic E-state index is 13.1. The number of amides is 1. The number of aromatic nitrogens is 1. The zero-order chi connectivity index (χ0) is 21.8. The predicted molar refractivity (Wildman–Crippen MR) is 118 cm³/mol. The second-order valence-corrected chi connectivity index (χ2v) is 10.1. The standard InChI is InChI=1S/C22H22FN3O3S2/c23-18-7-9-20(10-8-18)31(28,29)26-12-4-11-25(13-14-26)21(27)15-19-16-30-22(24-19)17-5-2-1-3-6-17/h1-3,5-10,16H,4,11-15H2. The first-order valence-electron chi connectivity index (χ1n) is 9.97. The van der Waals surface area contributed by atoms with Crippen LogP contribution in [0, 0.1) is 5.82 Å². The van der Waals surface area contributed by atoms with Crippen molar-refractivity contribution in [2.24, 2.45) is 0 Å². The fraction of sp³-hybridized carbons (Fsp3) is 0.273. The predicted octanol–water partition coefficient (Wildman–Crippen LogP) is 3.41. The highest BCUT2D eigenvalue weighted by molar-refractivity contribution is 7.89. The number of carbonyl (C=O) groups is 1. The second-order valence-electron chi connectivity index (χ2n) is 7.28. The number of thiazole rings is 1. The SMILES string of the molecule is O=C(Cc1csc(-c2ccccc2)n1)N1CCCN(S(=O)(=O)c2ccc(F)cc2)CC1. The van der Waals surface area contributed by atoms with Gasteiger partial charge in [0.2, 0.25) is 15.9 Å². The van der Waals surface area contributed by atoms with Crippen molar-refractivity contribution in [1.82, 2.24) is 14.2 Å². The van der Waals surface area contributed by atoms with Crippen LogP contribution in [-0.2, 0) is 21.2 Å². The first-order valence-corrected chi connectivity index (χ1v) is 12.3. The molecule has 162 valence electrons. The third kappa shape index (κ3) is 5.00. The quantitative estimate of drug-likeness (QED) is 0.586. The molecule has 4 rings (SSSR count). The number of carbonyl (C=O) groups excluding carboxylic acids is 1. The van der Waals surface area contributed by atoms with Crippen molar-refractivity contribution in [1.29, 1.82) is 0 Å². The van der Waals surface area contributed by atoms with E-state index in [1.165, 1.54) is 27.8 Å². The molecular formula is C22H22FN3O3S2. The van der Waals surface area contributed by atoms with Gasteiger partial charge in [-0.15, -0.1) is 11.3 Å². The summed E-state index contributed by atoms with van der Waals surface area (Å²) >= 11 is 1.50. The lowest BCUT2D eigenvalue weighted by molar-refractivity contribution is -0.130. The fourth-order valence-corrected chi connectivity index (χ4v) is 5.80. The van der Waals surface area contributed by atoms with Gasteiger partial charge in [0.1, 0.15) is 10.8 Å². The minimum Gasteiger partial charge on any atom is -0.341 e. The third-order valence-corrected chi connectivity index (χ3v) is 8.02. The average Bonchev–Trinajstić information content (AvgIpc) is 3.08. The molecule has 2 heterocycles. The van der Waals surface area contributed by atoms with Crippen LogP contribution < -0.4 is 0 Å². The van der Waals surface area contributed by atoms with Crippen LogP contribution in [-0.4, -0.2) is 54.7 Å². The Morgan fingerprint density at radius 2 is 1.74 bits per heavy atom. The average molecular weight is 460 g/mol. The van der Waals surface area contributed by atoms with Crippen LogP contribution in [0.15, 0.2) is 64.9 Å². The number of halogens is 1. The molecular weight excluding hydrogens is 437 g/mol. The van der Waals surface area contributed by atoms with Gasteiger partial charge in [-0.25, -0.2) is 17.8 Å². The minimum absolute atomic E-state index is 0.0598. The van der Waals surface area contributed by atoms with E-state index < -0.39 is 15.8 Å². The van der Waals surface area contributed by atoms with E-state index in [0.717, 1.165) is 22.7 Å². The molecule has 0 N–H and O–H groups in total. The van der Waals surface area contributed by atoms with Gasteiger partial charge in [0, 0.05) is 37.1 Å². The van der Waals surface area contributed by atoms with Gasteiger partial charge in [0.15, 0.2) is 0 Å². The van der Waals surface area contributed by atoms with Crippen molar-refractivity contribution >= 4 is 27.3 Å². The maximum Gasteiger partial charge on any atom is 0.243 e. The molecule has 0 spiro atoms. The topological polar surface area (TPSA) is 70.6 Å². The van der Waals surface area contributed by atoms with Crippen LogP contribution in [0.3, 0.4) is 0 Å². The summed E-state index contributed by atoms with van der Waals surface area (Å²) in [4.78, 5) is 19.1. The van der Waals surface area contributed by atoms with Gasteiger partial charge in [0.05, 0.1) is 17.0 Å². The van der Waals surface area contributed by atoms with Gasteiger partial charge < -0.3 is 4.90 Å². The Bertz CT molecular complexity index is 1150. The van der Waals surface area contributed by atoms with Crippen molar-refractivity contribution in [3.8, 4) is 10.6 Å². The number of benzene rings is 2. The largest absolute Gasteiger partial charge is 0.341 e. The van der Waals surface area contributed by atoms with Gasteiger partial charge in [-0.3, -0.25) is 4.79 Å². The molecule has 0 saturated carbocycles. The molecule has 1 aliphatic rings. The number of sulfonamides is 1. The third-order valence-electron chi connectivity index (χ3n) is 5.16. The van der Waals surface area contributed by atoms with Gasteiger partial charge in [0.25, 0.3) is 0 Å². The monoisotopic (exact) mass is 459 g/mol. The van der Waals surface area contributed by atoms with Gasteiger partial charge >= 0.3 is 0 Å². The molecule has 0 bridgehead atoms. The summed E-state index contributed by atoms with van der Waals surface area (Å²) in [5.74, 6) is -0.546. The highest BCUT2D eigenvalue weighted by atomic mass is 32.2. The van der Waals surface area contributed by atoms with Gasteiger partial charge in [-0.2, -0.15) is 4.31 Å². The Kier molecular flexibility index (Phi) is 6.45. The molecule has 1 aromatic heterocycles. The Balaban J connectivity index is 1.39. The summed E-state index contributed by atoms with van der Waals surface area (Å²) in [5, 5.41) is 2.76. The van der Waals surface area contributed by atoms with E-state index in [-0.39, 0.29) is 23.8 Å². The Morgan fingerprint density at radius 3 is 2.48 bits per heavy atom. The van der Waals surface area contributed by atoms with Crippen LogP contribution >= 0.6 is 11.3 Å². The molecule has 0 aliphatic carbocycles. The van der Waals surface area contributed by atoms with Crippen LogP contribution in [0.1, 0.15) is 12.1 Å². The lowest BCUT2D eigenvalue weighted by Gasteiger charge is -2.22. The second kappa shape index (κ2) is 9.25. The first kappa shape index (κ1) is 21.6. The summed E-state index contributed by atoms with van der Waals surface area (Å²) < 4.78 is 40.2. The number of hydrogen-bond donors (Lipinski definition) is 0. The molecule has 1 amide bonds. The molecule has 6 nitrogen and oxygen atoms in total. The summed E-state index contributed by atoms with van der Waals surface area (Å²) in [7, 11) is -3.72. The van der Waals surface area contributed by atoms with Crippen molar-refractivity contribution in [3.05, 3.63) is 71.5 Å². The summed E-state index contributed by atoms with van der Waals surface area (Å²) in [6.45, 7) is 1.33. The fourth-order valence-electron chi connectivity index (χ4n) is 3.51. The Hall–Kier alpha value is -2.62. The molecule has 2 aromatic carbocycles. The van der Waals surface area contributed by atoms with Crippen LogP contribution in [0.4, 0.5) is 4.39 Å². The Labute approximate surface area is 185 Å². The van der Waals surface area contributed by atoms with Gasteiger partial charge in [-0.1, -0.05) is 30.3 Å². The summed E-state index contributed by atoms with van der Waals surface area (Å²) in [6.07, 6.45) is 0.729. The van der Waals surface area contributed by atoms with E-state index in [1.54, 1.807) is 4.90 Å². The van der Waals surface area contributed by atoms with Crippen molar-refractivity contribution in [2.75, 3.05) is 26.2 Å². The van der Waals surface area contributed by atoms with Gasteiger partial charge in [-0.05, 0) is 30.7 Å². The molecule has 1 saturated heterocycles. The lowest BCUT2D eigenvalue weighted by Crippen LogP contribution is -2.38. The Morgan fingerprint density at radius 1 is 1.00 bits per heavy atom. The van der Waals surface area contributed by atoms with Crippen LogP contribution in [0.25, 0.3) is 10.6 Å². The zero-order valence-electron chi connectivity index (χ0n) is 16.8. The van der Waals surface area contributed by atoms with E-state index >= 15 is 0 Å². The minimum atomic E-state index is -3.72. The van der Waals surface area contributed by atoms with Crippen LogP contribution in [0.2, 0.25) is 0 Å². The van der Waals surface area contributed by atoms with E-state index in [0.29, 0.717) is 31.7 Å². The molecule has 1 aliphatic heterocycles. The molecule has 31 heavy (non-hydrogen) atoms. The molecule has 0 unspecified atom stereocenters. The molecule has 0 radical (unpaired) electrons. The summed E-state index contributed by atoms with van der Waals surface area (Å²) in [6, 6.07) is 14.6. The molecule has 1 fully saturated rings. The molecule has 9 heteroatoms. The number of rotatable bonds is 5. The zero-order valence-corrected chi connectivity index (χ0v) is 18.4. The van der Waals surface area contributed by atoms with Crippen molar-refractivity contribution < 1.29 is 17.6 Å². The van der Waals surface area contributed by atoms with Crippen molar-refractivity contribution in [2.45, 2.75) is 17.7 Å². The normalized spacial score (nSPS) is 15.6. The molecule has 0 atom stereocenters. The number of hydrogen-bond acceptors (Lipinski definition) is 5.